The fraction of sp³-hybridized carbons (Fsp3) is 0.290. The Bertz CT molecular complexity index is 1950. The quantitative estimate of drug-likeness (QED) is 0.221. The molecular weight excluding hydrogens is 631 g/mol. The van der Waals surface area contributed by atoms with E-state index < -0.39 is 48.7 Å². The number of aliphatic hydroxyl groups is 1. The number of nitrogens with zero attached hydrogens (tertiary/aromatic N) is 6. The number of ether oxygens (including phenoxy) is 3. The van der Waals surface area contributed by atoms with Gasteiger partial charge in [-0.25, -0.2) is 0 Å². The van der Waals surface area contributed by atoms with Crippen molar-refractivity contribution in [3.05, 3.63) is 72.3 Å². The number of likely N-dealkylation sites (tertiary alicyclic amines) is 1. The van der Waals surface area contributed by atoms with E-state index in [-0.39, 0.29) is 17.9 Å². The number of methoxy groups -OCH3 is 1. The lowest BCUT2D eigenvalue weighted by molar-refractivity contribution is -0.294. The summed E-state index contributed by atoms with van der Waals surface area (Å²) in [7, 11) is 4.58. The summed E-state index contributed by atoms with van der Waals surface area (Å²) in [4.78, 5) is 18.1. The Morgan fingerprint density at radius 2 is 1.77 bits per heavy atom. The number of hydrogen-bond acceptors (Lipinski definition) is 8. The van der Waals surface area contributed by atoms with E-state index in [1.54, 1.807) is 49.5 Å². The Hall–Kier alpha value is -5.25. The third-order valence-electron chi connectivity index (χ3n) is 7.76. The van der Waals surface area contributed by atoms with Crippen molar-refractivity contribution < 1.29 is 46.1 Å². The van der Waals surface area contributed by atoms with Gasteiger partial charge in [-0.05, 0) is 35.9 Å². The van der Waals surface area contributed by atoms with Gasteiger partial charge in [-0.1, -0.05) is 6.07 Å². The number of aryl methyl sites for hydroxylation is 2. The molecular formula is C31H27F5N6O5. The molecule has 0 bridgehead atoms. The van der Waals surface area contributed by atoms with Gasteiger partial charge in [0.2, 0.25) is 0 Å². The molecule has 47 heavy (non-hydrogen) atoms. The highest BCUT2D eigenvalue weighted by Gasteiger charge is 2.62. The monoisotopic (exact) mass is 658 g/mol. The van der Waals surface area contributed by atoms with Crippen molar-refractivity contribution in [2.45, 2.75) is 25.0 Å². The van der Waals surface area contributed by atoms with Crippen LogP contribution in [-0.4, -0.2) is 79.0 Å². The van der Waals surface area contributed by atoms with E-state index in [1.165, 1.54) is 17.9 Å². The Morgan fingerprint density at radius 1 is 1.04 bits per heavy atom. The minimum atomic E-state index is -4.99. The van der Waals surface area contributed by atoms with Crippen LogP contribution in [0.15, 0.2) is 61.2 Å². The molecule has 0 atom stereocenters. The highest BCUT2D eigenvalue weighted by molar-refractivity contribution is 6.04. The first-order valence-electron chi connectivity index (χ1n) is 14.0. The van der Waals surface area contributed by atoms with Crippen LogP contribution in [0.1, 0.15) is 15.9 Å². The molecule has 1 fully saturated rings. The maximum atomic E-state index is 13.7. The Balaban J connectivity index is 1.48. The van der Waals surface area contributed by atoms with Gasteiger partial charge in [0.1, 0.15) is 29.4 Å². The third kappa shape index (κ3) is 5.91. The van der Waals surface area contributed by atoms with Crippen LogP contribution in [-0.2, 0) is 20.7 Å². The number of hydrogen-bond donors (Lipinski definition) is 1. The predicted molar refractivity (Wildman–Crippen MR) is 157 cm³/mol. The van der Waals surface area contributed by atoms with Crippen molar-refractivity contribution in [1.29, 1.82) is 0 Å². The van der Waals surface area contributed by atoms with Gasteiger partial charge in [-0.2, -0.15) is 32.1 Å². The van der Waals surface area contributed by atoms with E-state index >= 15 is 0 Å². The second-order valence-corrected chi connectivity index (χ2v) is 11.0. The van der Waals surface area contributed by atoms with Crippen molar-refractivity contribution in [1.82, 2.24) is 29.4 Å². The van der Waals surface area contributed by atoms with Gasteiger partial charge >= 0.3 is 12.8 Å². The number of carbonyl (C=O) groups excluding carboxylic acids is 1. The number of pyridine rings is 1. The smallest absolute Gasteiger partial charge is 0.420 e. The molecule has 5 aromatic rings. The van der Waals surface area contributed by atoms with Crippen LogP contribution >= 0.6 is 0 Å². The van der Waals surface area contributed by atoms with Crippen LogP contribution in [0.4, 0.5) is 22.0 Å². The minimum Gasteiger partial charge on any atom is -0.496 e. The second-order valence-electron chi connectivity index (χ2n) is 11.0. The van der Waals surface area contributed by atoms with Gasteiger partial charge in [0, 0.05) is 49.4 Å². The van der Waals surface area contributed by atoms with Crippen molar-refractivity contribution in [3.8, 4) is 39.6 Å². The zero-order valence-corrected chi connectivity index (χ0v) is 25.1. The number of alkyl halides is 5. The van der Waals surface area contributed by atoms with Crippen molar-refractivity contribution in [2.75, 3.05) is 20.2 Å². The number of fused-ring (bicyclic) bond motifs is 1. The standard InChI is InChI=1S/C31H27F5N6O5/c1-40-13-20(12-38-40)18-7-21-25(23(8-18)46-14-17-5-4-6-37-11-17)27(41(2)39-21)19-9-22(45-3)26(24(10-19)47-29(32)33)28(43)42-15-30(44,16-42)31(34,35)36/h4-13,29,44H,14-16H2,1-3H3. The Kier molecular flexibility index (Phi) is 7.99. The van der Waals surface area contributed by atoms with E-state index in [0.717, 1.165) is 22.8 Å². The first-order chi connectivity index (χ1) is 22.3. The van der Waals surface area contributed by atoms with E-state index in [0.29, 0.717) is 27.2 Å². The number of amides is 1. The zero-order chi connectivity index (χ0) is 33.7. The van der Waals surface area contributed by atoms with Crippen LogP contribution in [0, 0.1) is 0 Å². The molecule has 11 nitrogen and oxygen atoms in total. The number of rotatable bonds is 9. The average Bonchev–Trinajstić information content (AvgIpc) is 3.59. The lowest BCUT2D eigenvalue weighted by Gasteiger charge is -2.47. The van der Waals surface area contributed by atoms with Gasteiger partial charge in [0.25, 0.3) is 5.91 Å². The summed E-state index contributed by atoms with van der Waals surface area (Å²) < 4.78 is 86.7. The zero-order valence-electron chi connectivity index (χ0n) is 25.1. The molecule has 246 valence electrons. The summed E-state index contributed by atoms with van der Waals surface area (Å²) in [6.45, 7) is -5.44. The van der Waals surface area contributed by atoms with Crippen LogP contribution in [0.2, 0.25) is 0 Å². The Labute approximate surface area is 263 Å². The molecule has 0 aliphatic carbocycles. The maximum absolute atomic E-state index is 13.7. The minimum absolute atomic E-state index is 0.129. The number of carbonyl (C=O) groups is 1. The van der Waals surface area contributed by atoms with Gasteiger partial charge in [0.05, 0.1) is 43.0 Å². The topological polar surface area (TPSA) is 117 Å². The molecule has 1 amide bonds. The summed E-state index contributed by atoms with van der Waals surface area (Å²) >= 11 is 0. The summed E-state index contributed by atoms with van der Waals surface area (Å²) in [6, 6.07) is 9.73. The SMILES string of the molecule is COc1cc(-c2c3c(OCc4cccnc4)cc(-c4cnn(C)c4)cc3nn2C)cc(OC(F)F)c1C(=O)N1CC(O)(C(F)(F)F)C1. The highest BCUT2D eigenvalue weighted by atomic mass is 19.4. The first-order valence-corrected chi connectivity index (χ1v) is 14.0. The molecule has 0 radical (unpaired) electrons. The fourth-order valence-electron chi connectivity index (χ4n) is 5.47. The molecule has 0 spiro atoms. The fourth-order valence-corrected chi connectivity index (χ4v) is 5.47. The molecule has 6 rings (SSSR count). The van der Waals surface area contributed by atoms with Crippen molar-refractivity contribution in [3.63, 3.8) is 0 Å². The lowest BCUT2D eigenvalue weighted by Crippen LogP contribution is -2.70. The normalized spacial score (nSPS) is 14.4. The number of aromatic nitrogens is 5. The molecule has 2 aromatic carbocycles. The molecule has 16 heteroatoms. The lowest BCUT2D eigenvalue weighted by atomic mass is 9.92. The van der Waals surface area contributed by atoms with E-state index in [9.17, 15) is 31.9 Å². The number of halogens is 5. The van der Waals surface area contributed by atoms with Gasteiger partial charge in [0.15, 0.2) is 5.60 Å². The largest absolute Gasteiger partial charge is 0.496 e. The van der Waals surface area contributed by atoms with E-state index in [4.69, 9.17) is 14.2 Å². The summed E-state index contributed by atoms with van der Waals surface area (Å²) in [5.41, 5.74) is -0.252. The molecule has 4 heterocycles. The highest BCUT2D eigenvalue weighted by Crippen LogP contribution is 2.44. The summed E-state index contributed by atoms with van der Waals surface area (Å²) in [5.74, 6) is -1.59. The van der Waals surface area contributed by atoms with E-state index in [2.05, 4.69) is 15.2 Å². The number of β-amino-alcohol motifs (C(OH)–C–C–N with tert-alkyl or cyclic N) is 1. The van der Waals surface area contributed by atoms with Gasteiger partial charge in [-0.15, -0.1) is 0 Å². The molecule has 0 unspecified atom stereocenters. The third-order valence-corrected chi connectivity index (χ3v) is 7.76. The Morgan fingerprint density at radius 3 is 2.38 bits per heavy atom. The molecule has 1 aliphatic heterocycles. The van der Waals surface area contributed by atoms with Crippen LogP contribution in [0.25, 0.3) is 33.3 Å². The molecule has 1 saturated heterocycles. The van der Waals surface area contributed by atoms with E-state index in [1.807, 2.05) is 18.3 Å². The average molecular weight is 659 g/mol. The predicted octanol–water partition coefficient (Wildman–Crippen LogP) is 4.97. The molecule has 1 N–H and O–H groups in total. The second kappa shape index (κ2) is 11.8. The van der Waals surface area contributed by atoms with Crippen LogP contribution in [0.3, 0.4) is 0 Å². The number of benzene rings is 2. The molecule has 1 aliphatic rings. The first kappa shape index (κ1) is 31.7. The van der Waals surface area contributed by atoms with Crippen molar-refractivity contribution in [2.24, 2.45) is 14.1 Å². The summed E-state index contributed by atoms with van der Waals surface area (Å²) in [5, 5.41) is 19.2. The summed E-state index contributed by atoms with van der Waals surface area (Å²) in [6.07, 6.45) is 1.78. The van der Waals surface area contributed by atoms with Crippen LogP contribution in [0.5, 0.6) is 17.2 Å². The maximum Gasteiger partial charge on any atom is 0.420 e. The van der Waals surface area contributed by atoms with Crippen LogP contribution < -0.4 is 14.2 Å². The van der Waals surface area contributed by atoms with Gasteiger partial charge in [-0.3, -0.25) is 19.1 Å². The van der Waals surface area contributed by atoms with Crippen molar-refractivity contribution >= 4 is 16.8 Å². The molecule has 0 saturated carbocycles. The molecule has 3 aromatic heterocycles. The van der Waals surface area contributed by atoms with Gasteiger partial charge < -0.3 is 24.2 Å².